The number of hydrogen-bond donors (Lipinski definition) is 1. The molecule has 1 N–H and O–H groups in total. The van der Waals surface area contributed by atoms with Crippen LogP contribution in [0.2, 0.25) is 0 Å². The van der Waals surface area contributed by atoms with Crippen LogP contribution in [-0.4, -0.2) is 33.6 Å². The second-order valence-corrected chi connectivity index (χ2v) is 7.47. The molecule has 0 spiro atoms. The second-order valence-electron chi connectivity index (χ2n) is 6.55. The molecule has 0 radical (unpaired) electrons. The van der Waals surface area contributed by atoms with Gasteiger partial charge < -0.3 is 9.84 Å². The van der Waals surface area contributed by atoms with Crippen molar-refractivity contribution in [2.75, 3.05) is 6.61 Å². The van der Waals surface area contributed by atoms with E-state index in [4.69, 9.17) is 9.84 Å². The average Bonchev–Trinajstić information content (AvgIpc) is 2.72. The zero-order chi connectivity index (χ0) is 21.0. The van der Waals surface area contributed by atoms with Gasteiger partial charge >= 0.3 is 5.97 Å². The van der Waals surface area contributed by atoms with Gasteiger partial charge in [0.15, 0.2) is 6.61 Å². The van der Waals surface area contributed by atoms with Gasteiger partial charge in [0.2, 0.25) is 0 Å². The number of carboxylic acid groups (broad SMARTS) is 1. The fourth-order valence-electron chi connectivity index (χ4n) is 2.70. The SMILES string of the molecule is CC[C@@H](C)c1nc2ccc(Br)cc2c(=O)n1N=Cc1ccc(OCC(=O)O)cc1. The number of aliphatic carboxylic acids is 1. The standard InChI is InChI=1S/C21H20BrN3O4/c1-3-13(2)20-24-18-9-6-15(22)10-17(18)21(28)25(20)23-11-14-4-7-16(8-5-14)29-12-19(26)27/h4-11,13H,3,12H2,1-2H3,(H,26,27)/t13-/m1/s1. The largest absolute Gasteiger partial charge is 0.482 e. The Labute approximate surface area is 175 Å². The molecule has 0 aliphatic rings. The lowest BCUT2D eigenvalue weighted by Crippen LogP contribution is -2.23. The fraction of sp³-hybridized carbons (Fsp3) is 0.238. The number of aromatic nitrogens is 2. The molecule has 1 atom stereocenters. The lowest BCUT2D eigenvalue weighted by atomic mass is 10.1. The van der Waals surface area contributed by atoms with E-state index >= 15 is 0 Å². The van der Waals surface area contributed by atoms with Gasteiger partial charge in [-0.1, -0.05) is 29.8 Å². The van der Waals surface area contributed by atoms with Gasteiger partial charge in [0.05, 0.1) is 17.1 Å². The average molecular weight is 458 g/mol. The van der Waals surface area contributed by atoms with Gasteiger partial charge in [-0.3, -0.25) is 4.79 Å². The van der Waals surface area contributed by atoms with Crippen LogP contribution < -0.4 is 10.3 Å². The van der Waals surface area contributed by atoms with Crippen LogP contribution >= 0.6 is 15.9 Å². The van der Waals surface area contributed by atoms with E-state index in [0.29, 0.717) is 22.5 Å². The third kappa shape index (κ3) is 4.89. The van der Waals surface area contributed by atoms with Crippen molar-refractivity contribution in [3.8, 4) is 5.75 Å². The number of nitrogens with zero attached hydrogens (tertiary/aromatic N) is 3. The van der Waals surface area contributed by atoms with Crippen LogP contribution in [-0.2, 0) is 4.79 Å². The number of carbonyl (C=O) groups is 1. The lowest BCUT2D eigenvalue weighted by molar-refractivity contribution is -0.139. The molecule has 0 fully saturated rings. The molecule has 3 aromatic rings. The van der Waals surface area contributed by atoms with E-state index in [1.54, 1.807) is 36.5 Å². The first-order chi connectivity index (χ1) is 13.9. The zero-order valence-electron chi connectivity index (χ0n) is 16.0. The molecular weight excluding hydrogens is 438 g/mol. The number of benzene rings is 2. The minimum absolute atomic E-state index is 0.0553. The van der Waals surface area contributed by atoms with Gasteiger partial charge in [0, 0.05) is 10.4 Å². The van der Waals surface area contributed by atoms with Crippen LogP contribution in [0.4, 0.5) is 0 Å². The summed E-state index contributed by atoms with van der Waals surface area (Å²) in [7, 11) is 0. The molecule has 7 nitrogen and oxygen atoms in total. The van der Waals surface area contributed by atoms with Gasteiger partial charge in [0.1, 0.15) is 11.6 Å². The van der Waals surface area contributed by atoms with Gasteiger partial charge in [-0.25, -0.2) is 9.78 Å². The highest BCUT2D eigenvalue weighted by Crippen LogP contribution is 2.21. The third-order valence-corrected chi connectivity index (χ3v) is 4.94. The van der Waals surface area contributed by atoms with Crippen LogP contribution in [0, 0.1) is 0 Å². The first-order valence-electron chi connectivity index (χ1n) is 9.10. The molecular formula is C21H20BrN3O4. The van der Waals surface area contributed by atoms with Crippen LogP contribution in [0.5, 0.6) is 5.75 Å². The summed E-state index contributed by atoms with van der Waals surface area (Å²) in [5.41, 5.74) is 1.15. The maximum Gasteiger partial charge on any atom is 0.341 e. The van der Waals surface area contributed by atoms with Crippen molar-refractivity contribution in [2.45, 2.75) is 26.2 Å². The summed E-state index contributed by atoms with van der Waals surface area (Å²) >= 11 is 3.39. The molecule has 29 heavy (non-hydrogen) atoms. The predicted molar refractivity (Wildman–Crippen MR) is 115 cm³/mol. The summed E-state index contributed by atoms with van der Waals surface area (Å²) in [5, 5.41) is 13.5. The first kappa shape index (κ1) is 20.7. The van der Waals surface area contributed by atoms with Crippen LogP contribution in [0.25, 0.3) is 10.9 Å². The number of halogens is 1. The molecule has 0 aliphatic heterocycles. The molecule has 0 unspecified atom stereocenters. The topological polar surface area (TPSA) is 93.8 Å². The predicted octanol–water partition coefficient (Wildman–Crippen LogP) is 4.02. The van der Waals surface area contributed by atoms with Gasteiger partial charge in [-0.05, 0) is 54.4 Å². The van der Waals surface area contributed by atoms with Crippen molar-refractivity contribution in [1.82, 2.24) is 9.66 Å². The van der Waals surface area contributed by atoms with Crippen molar-refractivity contribution in [1.29, 1.82) is 0 Å². The van der Waals surface area contributed by atoms with E-state index in [2.05, 4.69) is 26.0 Å². The lowest BCUT2D eigenvalue weighted by Gasteiger charge is -2.14. The molecule has 0 saturated carbocycles. The van der Waals surface area contributed by atoms with Crippen molar-refractivity contribution < 1.29 is 14.6 Å². The Morgan fingerprint density at radius 3 is 2.69 bits per heavy atom. The molecule has 1 heterocycles. The molecule has 0 aliphatic carbocycles. The Balaban J connectivity index is 1.98. The maximum atomic E-state index is 13.1. The van der Waals surface area contributed by atoms with Crippen LogP contribution in [0.1, 0.15) is 37.6 Å². The Bertz CT molecular complexity index is 1120. The fourth-order valence-corrected chi connectivity index (χ4v) is 3.06. The summed E-state index contributed by atoms with van der Waals surface area (Å²) in [4.78, 5) is 28.3. The van der Waals surface area contributed by atoms with E-state index in [-0.39, 0.29) is 11.5 Å². The monoisotopic (exact) mass is 457 g/mol. The Hall–Kier alpha value is -3.00. The smallest absolute Gasteiger partial charge is 0.341 e. The summed E-state index contributed by atoms with van der Waals surface area (Å²) in [5.74, 6) is 0.0620. The van der Waals surface area contributed by atoms with Gasteiger partial charge in [0.25, 0.3) is 5.56 Å². The minimum Gasteiger partial charge on any atom is -0.482 e. The Morgan fingerprint density at radius 1 is 1.31 bits per heavy atom. The molecule has 0 amide bonds. The number of hydrogen-bond acceptors (Lipinski definition) is 5. The van der Waals surface area contributed by atoms with E-state index in [1.807, 2.05) is 26.0 Å². The molecule has 2 aromatic carbocycles. The van der Waals surface area contributed by atoms with Crippen molar-refractivity contribution in [2.24, 2.45) is 5.10 Å². The van der Waals surface area contributed by atoms with Crippen molar-refractivity contribution >= 4 is 39.0 Å². The number of fused-ring (bicyclic) bond motifs is 1. The molecule has 8 heteroatoms. The van der Waals surface area contributed by atoms with Gasteiger partial charge in [-0.2, -0.15) is 9.78 Å². The van der Waals surface area contributed by atoms with E-state index in [0.717, 1.165) is 16.5 Å². The molecule has 0 saturated heterocycles. The number of carboxylic acids is 1. The number of ether oxygens (including phenoxy) is 1. The molecule has 0 bridgehead atoms. The normalized spacial score (nSPS) is 12.4. The van der Waals surface area contributed by atoms with Crippen LogP contribution in [0.3, 0.4) is 0 Å². The first-order valence-corrected chi connectivity index (χ1v) is 9.89. The number of rotatable bonds is 7. The zero-order valence-corrected chi connectivity index (χ0v) is 17.6. The summed E-state index contributed by atoms with van der Waals surface area (Å²) < 4.78 is 7.26. The quantitative estimate of drug-likeness (QED) is 0.540. The van der Waals surface area contributed by atoms with Gasteiger partial charge in [-0.15, -0.1) is 0 Å². The third-order valence-electron chi connectivity index (χ3n) is 4.45. The second kappa shape index (κ2) is 9.00. The molecule has 3 rings (SSSR count). The molecule has 1 aromatic heterocycles. The summed E-state index contributed by atoms with van der Waals surface area (Å²) in [6.45, 7) is 3.64. The Morgan fingerprint density at radius 2 is 2.03 bits per heavy atom. The summed E-state index contributed by atoms with van der Waals surface area (Å²) in [6, 6.07) is 12.2. The highest BCUT2D eigenvalue weighted by atomic mass is 79.9. The van der Waals surface area contributed by atoms with E-state index < -0.39 is 12.6 Å². The van der Waals surface area contributed by atoms with Crippen molar-refractivity contribution in [3.05, 3.63) is 68.7 Å². The van der Waals surface area contributed by atoms with E-state index in [9.17, 15) is 9.59 Å². The van der Waals surface area contributed by atoms with Crippen LogP contribution in [0.15, 0.2) is 56.8 Å². The summed E-state index contributed by atoms with van der Waals surface area (Å²) in [6.07, 6.45) is 2.39. The molecule has 150 valence electrons. The minimum atomic E-state index is -1.04. The Kier molecular flexibility index (Phi) is 6.43. The van der Waals surface area contributed by atoms with E-state index in [1.165, 1.54) is 4.68 Å². The highest BCUT2D eigenvalue weighted by molar-refractivity contribution is 9.10. The highest BCUT2D eigenvalue weighted by Gasteiger charge is 2.15. The maximum absolute atomic E-state index is 13.1. The van der Waals surface area contributed by atoms with Crippen molar-refractivity contribution in [3.63, 3.8) is 0 Å².